The van der Waals surface area contributed by atoms with Crippen LogP contribution < -0.4 is 5.11 Å². The molecule has 2 atom stereocenters. The summed E-state index contributed by atoms with van der Waals surface area (Å²) in [6, 6.07) is 0. The number of hydrogen-bond donors (Lipinski definition) is 0. The van der Waals surface area contributed by atoms with Gasteiger partial charge in [-0.1, -0.05) is 19.9 Å². The quantitative estimate of drug-likeness (QED) is 0.571. The molecule has 104 valence electrons. The monoisotopic (exact) mass is 275 g/mol. The fraction of sp³-hybridized carbons (Fsp3) is 0.700. The molecule has 2 unspecified atom stereocenters. The Bertz CT molecular complexity index is 374. The Morgan fingerprint density at radius 2 is 1.50 bits per heavy atom. The van der Waals surface area contributed by atoms with Gasteiger partial charge in [-0.05, 0) is 11.3 Å². The van der Waals surface area contributed by atoms with Crippen LogP contribution in [0.2, 0.25) is 0 Å². The van der Waals surface area contributed by atoms with E-state index >= 15 is 0 Å². The highest BCUT2D eigenvalue weighted by Gasteiger charge is 2.60. The lowest BCUT2D eigenvalue weighted by atomic mass is 10.1. The van der Waals surface area contributed by atoms with Gasteiger partial charge < -0.3 is 9.90 Å². The van der Waals surface area contributed by atoms with E-state index in [1.165, 1.54) is 13.8 Å². The van der Waals surface area contributed by atoms with Crippen LogP contribution in [0.1, 0.15) is 13.8 Å². The van der Waals surface area contributed by atoms with Crippen LogP contribution in [0.4, 0.5) is 26.3 Å². The summed E-state index contributed by atoms with van der Waals surface area (Å²) in [4.78, 5) is 10.6. The predicted molar refractivity (Wildman–Crippen MR) is 46.0 cm³/mol. The number of carbonyl (C=O) groups excluding carboxylic acids is 1. The third-order valence-corrected chi connectivity index (χ3v) is 3.12. The van der Waals surface area contributed by atoms with E-state index in [4.69, 9.17) is 0 Å². The van der Waals surface area contributed by atoms with Crippen molar-refractivity contribution >= 4 is 5.97 Å². The minimum atomic E-state index is -5.56. The maximum atomic E-state index is 12.2. The molecule has 0 bridgehead atoms. The molecule has 8 heteroatoms. The summed E-state index contributed by atoms with van der Waals surface area (Å²) in [5, 5.41) is 10.6. The van der Waals surface area contributed by atoms with Crippen LogP contribution in [0.25, 0.3) is 0 Å². The summed E-state index contributed by atoms with van der Waals surface area (Å²) in [6.07, 6.45) is -11.2. The van der Waals surface area contributed by atoms with Crippen molar-refractivity contribution in [1.29, 1.82) is 0 Å². The number of aliphatic carboxylic acids is 1. The molecule has 1 aliphatic carbocycles. The van der Waals surface area contributed by atoms with Crippen LogP contribution in [0.3, 0.4) is 0 Å². The molecule has 1 fully saturated rings. The topological polar surface area (TPSA) is 40.1 Å². The molecule has 0 amide bonds. The van der Waals surface area contributed by atoms with Crippen LogP contribution in [-0.2, 0) is 4.79 Å². The first kappa shape index (κ1) is 14.8. The summed E-state index contributed by atoms with van der Waals surface area (Å²) in [6.45, 7) is 2.55. The van der Waals surface area contributed by atoms with Crippen molar-refractivity contribution in [2.45, 2.75) is 26.2 Å². The first-order chi connectivity index (χ1) is 7.79. The van der Waals surface area contributed by atoms with Crippen LogP contribution in [0.5, 0.6) is 0 Å². The van der Waals surface area contributed by atoms with Crippen molar-refractivity contribution in [3.8, 4) is 0 Å². The molecular weight excluding hydrogens is 266 g/mol. The van der Waals surface area contributed by atoms with E-state index in [9.17, 15) is 36.2 Å². The van der Waals surface area contributed by atoms with E-state index in [0.29, 0.717) is 0 Å². The lowest BCUT2D eigenvalue weighted by molar-refractivity contribution is -0.309. The van der Waals surface area contributed by atoms with Crippen LogP contribution in [0.15, 0.2) is 11.6 Å². The SMILES string of the molecule is CC1(C)C(C=C(C(F)(F)F)C(F)(F)F)C1C(=O)[O-]. The van der Waals surface area contributed by atoms with Gasteiger partial charge in [0.15, 0.2) is 0 Å². The highest BCUT2D eigenvalue weighted by atomic mass is 19.4. The van der Waals surface area contributed by atoms with Crippen molar-refractivity contribution in [1.82, 2.24) is 0 Å². The van der Waals surface area contributed by atoms with Crippen LogP contribution in [0, 0.1) is 17.3 Å². The van der Waals surface area contributed by atoms with Crippen molar-refractivity contribution < 1.29 is 36.2 Å². The molecule has 0 aromatic heterocycles. The largest absolute Gasteiger partial charge is 0.550 e. The standard InChI is InChI=1S/C10H10F6O2/c1-8(2)4(6(8)7(17)18)3-5(9(11,12)13)10(14,15)16/h3-4,6H,1-2H3,(H,17,18)/p-1. The Morgan fingerprint density at radius 1 is 1.11 bits per heavy atom. The molecule has 0 aliphatic heterocycles. The molecule has 1 rings (SSSR count). The molecule has 2 nitrogen and oxygen atoms in total. The second-order valence-corrected chi connectivity index (χ2v) is 4.72. The zero-order valence-electron chi connectivity index (χ0n) is 9.32. The average molecular weight is 275 g/mol. The van der Waals surface area contributed by atoms with Gasteiger partial charge in [0.25, 0.3) is 0 Å². The molecule has 18 heavy (non-hydrogen) atoms. The number of halogens is 6. The van der Waals surface area contributed by atoms with Gasteiger partial charge in [0.05, 0.1) is 0 Å². The molecule has 0 N–H and O–H groups in total. The number of hydrogen-bond acceptors (Lipinski definition) is 2. The number of rotatable bonds is 2. The number of carboxylic acids is 1. The Morgan fingerprint density at radius 3 is 1.72 bits per heavy atom. The summed E-state index contributed by atoms with van der Waals surface area (Å²) in [5.74, 6) is -4.32. The summed E-state index contributed by atoms with van der Waals surface area (Å²) in [7, 11) is 0. The fourth-order valence-corrected chi connectivity index (χ4v) is 1.97. The van der Waals surface area contributed by atoms with Gasteiger partial charge in [0, 0.05) is 11.9 Å². The van der Waals surface area contributed by atoms with Crippen molar-refractivity contribution in [2.75, 3.05) is 0 Å². The smallest absolute Gasteiger partial charge is 0.421 e. The van der Waals surface area contributed by atoms with E-state index < -0.39 is 41.1 Å². The minimum absolute atomic E-state index is 0.0551. The molecule has 0 aromatic rings. The highest BCUT2D eigenvalue weighted by Crippen LogP contribution is 2.60. The fourth-order valence-electron chi connectivity index (χ4n) is 1.97. The maximum absolute atomic E-state index is 12.2. The third-order valence-electron chi connectivity index (χ3n) is 3.12. The average Bonchev–Trinajstić information content (AvgIpc) is 2.59. The van der Waals surface area contributed by atoms with Gasteiger partial charge >= 0.3 is 12.4 Å². The lowest BCUT2D eigenvalue weighted by Gasteiger charge is -2.15. The first-order valence-corrected chi connectivity index (χ1v) is 4.86. The van der Waals surface area contributed by atoms with Gasteiger partial charge in [0.2, 0.25) is 0 Å². The molecule has 1 aliphatic rings. The van der Waals surface area contributed by atoms with E-state index in [2.05, 4.69) is 0 Å². The normalized spacial score (nSPS) is 26.7. The van der Waals surface area contributed by atoms with Gasteiger partial charge in [-0.2, -0.15) is 26.3 Å². The lowest BCUT2D eigenvalue weighted by Crippen LogP contribution is -2.27. The summed E-state index contributed by atoms with van der Waals surface area (Å²) >= 11 is 0. The molecule has 0 saturated heterocycles. The molecular formula is C10H9F6O2-. The summed E-state index contributed by atoms with van der Waals surface area (Å²) in [5.41, 5.74) is -3.84. The highest BCUT2D eigenvalue weighted by molar-refractivity contribution is 5.74. The second kappa shape index (κ2) is 3.89. The zero-order chi connectivity index (χ0) is 14.5. The van der Waals surface area contributed by atoms with Crippen molar-refractivity contribution in [3.63, 3.8) is 0 Å². The molecule has 0 spiro atoms. The minimum Gasteiger partial charge on any atom is -0.550 e. The number of carboxylic acid groups (broad SMARTS) is 1. The molecule has 0 heterocycles. The Labute approximate surface area is 98.3 Å². The van der Waals surface area contributed by atoms with E-state index in [1.54, 1.807) is 0 Å². The summed E-state index contributed by atoms with van der Waals surface area (Å²) < 4.78 is 73.4. The zero-order valence-corrected chi connectivity index (χ0v) is 9.32. The molecule has 0 radical (unpaired) electrons. The number of allylic oxidation sites excluding steroid dienone is 2. The number of carbonyl (C=O) groups is 1. The second-order valence-electron chi connectivity index (χ2n) is 4.72. The Hall–Kier alpha value is -1.21. The Balaban J connectivity index is 3.11. The van der Waals surface area contributed by atoms with Gasteiger partial charge in [-0.3, -0.25) is 0 Å². The van der Waals surface area contributed by atoms with Crippen LogP contribution in [-0.4, -0.2) is 18.3 Å². The molecule has 0 aromatic carbocycles. The van der Waals surface area contributed by atoms with Gasteiger partial charge in [0.1, 0.15) is 5.57 Å². The van der Waals surface area contributed by atoms with Gasteiger partial charge in [-0.15, -0.1) is 0 Å². The predicted octanol–water partition coefficient (Wildman–Crippen LogP) is 2.06. The molecule has 1 saturated carbocycles. The third kappa shape index (κ3) is 2.62. The van der Waals surface area contributed by atoms with E-state index in [1.807, 2.05) is 0 Å². The Kier molecular flexibility index (Phi) is 3.21. The van der Waals surface area contributed by atoms with E-state index in [0.717, 1.165) is 0 Å². The maximum Gasteiger partial charge on any atom is 0.421 e. The first-order valence-electron chi connectivity index (χ1n) is 4.86. The number of alkyl halides is 6. The van der Waals surface area contributed by atoms with E-state index in [-0.39, 0.29) is 6.08 Å². The van der Waals surface area contributed by atoms with Gasteiger partial charge in [-0.25, -0.2) is 0 Å². The van der Waals surface area contributed by atoms with Crippen molar-refractivity contribution in [2.24, 2.45) is 17.3 Å². The van der Waals surface area contributed by atoms with Crippen LogP contribution >= 0.6 is 0 Å². The van der Waals surface area contributed by atoms with Crippen molar-refractivity contribution in [3.05, 3.63) is 11.6 Å².